The minimum absolute atomic E-state index is 0.742. The van der Waals surface area contributed by atoms with Crippen LogP contribution in [0.5, 0.6) is 0 Å². The minimum atomic E-state index is 0.742. The number of rotatable bonds is 2. The Morgan fingerprint density at radius 1 is 1.11 bits per heavy atom. The third-order valence-corrected chi connectivity index (χ3v) is 3.99. The molecule has 3 rings (SSSR count). The molecule has 0 unspecified atom stereocenters. The summed E-state index contributed by atoms with van der Waals surface area (Å²) in [6.07, 6.45) is 0. The van der Waals surface area contributed by atoms with E-state index in [-0.39, 0.29) is 0 Å². The number of nitrogens with one attached hydrogen (secondary N) is 1. The number of aryl methyl sites for hydroxylation is 2. The fourth-order valence-corrected chi connectivity index (χ4v) is 2.85. The molecule has 3 aromatic heterocycles. The van der Waals surface area contributed by atoms with Crippen LogP contribution in [0, 0.1) is 13.8 Å². The molecule has 5 nitrogen and oxygen atoms in total. The van der Waals surface area contributed by atoms with Crippen LogP contribution in [0.15, 0.2) is 12.1 Å². The molecule has 0 aliphatic rings. The van der Waals surface area contributed by atoms with E-state index in [1.807, 2.05) is 45.0 Å². The monoisotopic (exact) mass is 273 g/mol. The van der Waals surface area contributed by atoms with Crippen LogP contribution in [0.4, 0.5) is 5.82 Å². The number of hydrogen-bond acceptors (Lipinski definition) is 5. The molecule has 0 radical (unpaired) electrons. The first kappa shape index (κ1) is 12.1. The first-order valence-corrected chi connectivity index (χ1v) is 6.85. The van der Waals surface area contributed by atoms with Gasteiger partial charge in [-0.05, 0) is 26.0 Å². The van der Waals surface area contributed by atoms with E-state index in [1.165, 1.54) is 0 Å². The number of nitrogens with zero attached hydrogens (tertiary/aromatic N) is 4. The molecule has 0 atom stereocenters. The Kier molecular flexibility index (Phi) is 2.74. The highest BCUT2D eigenvalue weighted by Gasteiger charge is 2.13. The molecule has 0 fully saturated rings. The first-order chi connectivity index (χ1) is 9.04. The lowest BCUT2D eigenvalue weighted by atomic mass is 10.4. The smallest absolute Gasteiger partial charge is 0.180 e. The van der Waals surface area contributed by atoms with Crippen molar-refractivity contribution in [3.63, 3.8) is 0 Å². The van der Waals surface area contributed by atoms with E-state index in [2.05, 4.69) is 19.9 Å². The number of fused-ring (bicyclic) bond motifs is 1. The molecular formula is C13H15N5S. The molecule has 98 valence electrons. The number of pyridine rings is 1. The van der Waals surface area contributed by atoms with Gasteiger partial charge in [0.15, 0.2) is 11.5 Å². The van der Waals surface area contributed by atoms with Gasteiger partial charge in [-0.2, -0.15) is 0 Å². The van der Waals surface area contributed by atoms with E-state index in [9.17, 15) is 0 Å². The van der Waals surface area contributed by atoms with Gasteiger partial charge >= 0.3 is 0 Å². The van der Waals surface area contributed by atoms with E-state index in [0.717, 1.165) is 38.4 Å². The summed E-state index contributed by atoms with van der Waals surface area (Å²) in [6, 6.07) is 3.99. The van der Waals surface area contributed by atoms with Crippen LogP contribution >= 0.6 is 11.3 Å². The van der Waals surface area contributed by atoms with E-state index < -0.39 is 0 Å². The largest absolute Gasteiger partial charge is 0.363 e. The third-order valence-electron chi connectivity index (χ3n) is 2.91. The standard InChI is InChI=1S/C13H15N5S/c1-7-11(19-8(2)14-7)13-15-9-5-6-10(18(3)4)16-12(9)17-13/h5-6H,1-4H3,(H,15,16,17). The lowest BCUT2D eigenvalue weighted by Crippen LogP contribution is -2.10. The normalized spacial score (nSPS) is 11.2. The van der Waals surface area contributed by atoms with Gasteiger partial charge in [0.1, 0.15) is 5.82 Å². The first-order valence-electron chi connectivity index (χ1n) is 6.03. The van der Waals surface area contributed by atoms with Gasteiger partial charge < -0.3 is 9.88 Å². The second-order valence-corrected chi connectivity index (χ2v) is 5.87. The summed E-state index contributed by atoms with van der Waals surface area (Å²) in [5.74, 6) is 1.75. The third kappa shape index (κ3) is 2.08. The van der Waals surface area contributed by atoms with Gasteiger partial charge in [0.2, 0.25) is 0 Å². The summed E-state index contributed by atoms with van der Waals surface area (Å²) in [6.45, 7) is 4.01. The number of thiazole rings is 1. The van der Waals surface area contributed by atoms with Crippen molar-refractivity contribution in [3.05, 3.63) is 22.8 Å². The van der Waals surface area contributed by atoms with Crippen LogP contribution < -0.4 is 4.90 Å². The topological polar surface area (TPSA) is 57.7 Å². The lowest BCUT2D eigenvalue weighted by molar-refractivity contribution is 1.08. The maximum absolute atomic E-state index is 4.58. The van der Waals surface area contributed by atoms with Gasteiger partial charge in [0.25, 0.3) is 0 Å². The number of H-pyrrole nitrogens is 1. The average Bonchev–Trinajstić information content (AvgIpc) is 2.90. The zero-order chi connectivity index (χ0) is 13.6. The highest BCUT2D eigenvalue weighted by atomic mass is 32.1. The number of imidazole rings is 1. The van der Waals surface area contributed by atoms with Crippen molar-refractivity contribution in [1.29, 1.82) is 0 Å². The molecule has 0 saturated carbocycles. The summed E-state index contributed by atoms with van der Waals surface area (Å²) in [5.41, 5.74) is 2.70. The molecule has 0 bridgehead atoms. The van der Waals surface area contributed by atoms with E-state index in [4.69, 9.17) is 0 Å². The molecule has 3 heterocycles. The Bertz CT molecular complexity index is 741. The Balaban J connectivity index is 2.14. The zero-order valence-electron chi connectivity index (χ0n) is 11.4. The predicted octanol–water partition coefficient (Wildman–Crippen LogP) is 2.76. The zero-order valence-corrected chi connectivity index (χ0v) is 12.2. The Hall–Kier alpha value is -1.95. The second-order valence-electron chi connectivity index (χ2n) is 4.67. The molecule has 0 aliphatic heterocycles. The molecule has 19 heavy (non-hydrogen) atoms. The van der Waals surface area contributed by atoms with Crippen molar-refractivity contribution in [3.8, 4) is 10.7 Å². The summed E-state index contributed by atoms with van der Waals surface area (Å²) in [5, 5.41) is 1.05. The number of aromatic nitrogens is 4. The lowest BCUT2D eigenvalue weighted by Gasteiger charge is -2.09. The molecule has 0 spiro atoms. The molecule has 0 saturated heterocycles. The van der Waals surface area contributed by atoms with Crippen LogP contribution in [0.2, 0.25) is 0 Å². The highest BCUT2D eigenvalue weighted by molar-refractivity contribution is 7.15. The Morgan fingerprint density at radius 2 is 1.89 bits per heavy atom. The van der Waals surface area contributed by atoms with Gasteiger partial charge in [-0.15, -0.1) is 11.3 Å². The predicted molar refractivity (Wildman–Crippen MR) is 78.8 cm³/mol. The molecular weight excluding hydrogens is 258 g/mol. The molecule has 0 aliphatic carbocycles. The summed E-state index contributed by atoms with van der Waals surface area (Å²) < 4.78 is 0. The van der Waals surface area contributed by atoms with Gasteiger partial charge in [0.05, 0.1) is 21.1 Å². The van der Waals surface area contributed by atoms with Crippen LogP contribution in [0.1, 0.15) is 10.7 Å². The van der Waals surface area contributed by atoms with Crippen molar-refractivity contribution in [2.24, 2.45) is 0 Å². The van der Waals surface area contributed by atoms with Crippen LogP contribution in [-0.4, -0.2) is 34.0 Å². The van der Waals surface area contributed by atoms with E-state index in [1.54, 1.807) is 11.3 Å². The van der Waals surface area contributed by atoms with Gasteiger partial charge in [-0.3, -0.25) is 0 Å². The Morgan fingerprint density at radius 3 is 2.53 bits per heavy atom. The second kappa shape index (κ2) is 4.31. The molecule has 6 heteroatoms. The van der Waals surface area contributed by atoms with Crippen LogP contribution in [0.3, 0.4) is 0 Å². The van der Waals surface area contributed by atoms with Crippen LogP contribution in [0.25, 0.3) is 21.9 Å². The van der Waals surface area contributed by atoms with Gasteiger partial charge in [0, 0.05) is 14.1 Å². The molecule has 0 amide bonds. The average molecular weight is 273 g/mol. The van der Waals surface area contributed by atoms with Crippen LogP contribution in [-0.2, 0) is 0 Å². The van der Waals surface area contributed by atoms with Crippen molar-refractivity contribution in [2.45, 2.75) is 13.8 Å². The fraction of sp³-hybridized carbons (Fsp3) is 0.308. The number of aromatic amines is 1. The Labute approximate surface area is 115 Å². The summed E-state index contributed by atoms with van der Waals surface area (Å²) in [7, 11) is 3.94. The van der Waals surface area contributed by atoms with Crippen molar-refractivity contribution >= 4 is 28.3 Å². The molecule has 1 N–H and O–H groups in total. The van der Waals surface area contributed by atoms with Crippen molar-refractivity contribution < 1.29 is 0 Å². The van der Waals surface area contributed by atoms with E-state index in [0.29, 0.717) is 0 Å². The highest BCUT2D eigenvalue weighted by Crippen LogP contribution is 2.29. The van der Waals surface area contributed by atoms with Gasteiger partial charge in [-0.25, -0.2) is 15.0 Å². The number of hydrogen-bond donors (Lipinski definition) is 1. The van der Waals surface area contributed by atoms with Gasteiger partial charge in [-0.1, -0.05) is 0 Å². The summed E-state index contributed by atoms with van der Waals surface area (Å²) >= 11 is 1.65. The molecule has 0 aromatic carbocycles. The maximum atomic E-state index is 4.58. The summed E-state index contributed by atoms with van der Waals surface area (Å²) in [4.78, 5) is 19.9. The van der Waals surface area contributed by atoms with Crippen molar-refractivity contribution in [2.75, 3.05) is 19.0 Å². The minimum Gasteiger partial charge on any atom is -0.363 e. The van der Waals surface area contributed by atoms with E-state index >= 15 is 0 Å². The molecule has 3 aromatic rings. The quantitative estimate of drug-likeness (QED) is 0.780. The SMILES string of the molecule is Cc1nc(C)c(-c2nc3nc(N(C)C)ccc3[nH]2)s1. The number of anilines is 1. The maximum Gasteiger partial charge on any atom is 0.180 e. The van der Waals surface area contributed by atoms with Crippen molar-refractivity contribution in [1.82, 2.24) is 19.9 Å². The fourth-order valence-electron chi connectivity index (χ4n) is 1.99.